The minimum atomic E-state index is -0.490. The highest BCUT2D eigenvalue weighted by atomic mass is 35.5. The molecule has 0 bridgehead atoms. The molecule has 5 nitrogen and oxygen atoms in total. The number of halogens is 1. The smallest absolute Gasteiger partial charge is 0.268 e. The number of carbonyl (C=O) groups is 1. The summed E-state index contributed by atoms with van der Waals surface area (Å²) in [7, 11) is 0. The second kappa shape index (κ2) is 6.98. The van der Waals surface area contributed by atoms with Gasteiger partial charge in [0.25, 0.3) is 5.56 Å². The van der Waals surface area contributed by atoms with Gasteiger partial charge in [-0.1, -0.05) is 41.9 Å². The molecule has 0 aliphatic carbocycles. The van der Waals surface area contributed by atoms with Crippen LogP contribution >= 0.6 is 22.9 Å². The molecule has 1 amide bonds. The van der Waals surface area contributed by atoms with E-state index in [9.17, 15) is 9.59 Å². The molecular weight excluding hydrogens is 382 g/mol. The molecule has 7 heteroatoms. The third kappa shape index (κ3) is 3.49. The molecule has 0 fully saturated rings. The molecule has 4 rings (SSSR count). The highest BCUT2D eigenvalue weighted by Gasteiger charge is 2.13. The number of thiophene rings is 1. The van der Waals surface area contributed by atoms with Gasteiger partial charge in [0.1, 0.15) is 10.5 Å². The fraction of sp³-hybridized carbons (Fsp3) is 0.0500. The molecule has 0 aliphatic heterocycles. The lowest BCUT2D eigenvalue weighted by Gasteiger charge is -2.03. The lowest BCUT2D eigenvalue weighted by Crippen LogP contribution is -2.12. The first-order valence-electron chi connectivity index (χ1n) is 8.17. The molecule has 0 aliphatic rings. The number of carbonyl (C=O) groups excluding carboxylic acids is 1. The molecule has 0 atom stereocenters. The molecule has 0 saturated heterocycles. The average Bonchev–Trinajstić information content (AvgIpc) is 3.07. The maximum atomic E-state index is 12.5. The molecule has 4 aromatic rings. The lowest BCUT2D eigenvalue weighted by atomic mass is 10.1. The zero-order valence-electron chi connectivity index (χ0n) is 14.0. The number of amides is 1. The van der Waals surface area contributed by atoms with Crippen molar-refractivity contribution in [3.63, 3.8) is 0 Å². The Morgan fingerprint density at radius 1 is 1.15 bits per heavy atom. The summed E-state index contributed by atoms with van der Waals surface area (Å²) in [5.41, 5.74) is 7.90. The summed E-state index contributed by atoms with van der Waals surface area (Å²) in [6, 6.07) is 16.3. The summed E-state index contributed by atoms with van der Waals surface area (Å²) in [6.07, 6.45) is 0.392. The largest absolute Gasteiger partial charge is 0.366 e. The summed E-state index contributed by atoms with van der Waals surface area (Å²) in [5.74, 6) is 0.0357. The Bertz CT molecular complexity index is 1230. The number of hydrogen-bond donors (Lipinski definition) is 2. The summed E-state index contributed by atoms with van der Waals surface area (Å²) in [4.78, 5) is 32.1. The fourth-order valence-electron chi connectivity index (χ4n) is 2.89. The van der Waals surface area contributed by atoms with E-state index in [1.807, 2.05) is 36.4 Å². The predicted molar refractivity (Wildman–Crippen MR) is 108 cm³/mol. The van der Waals surface area contributed by atoms with Gasteiger partial charge in [-0.05, 0) is 29.8 Å². The lowest BCUT2D eigenvalue weighted by molar-refractivity contribution is 0.1000. The molecular formula is C20H14ClN3O2S. The Labute approximate surface area is 163 Å². The first-order chi connectivity index (χ1) is 13.0. The Morgan fingerprint density at radius 3 is 2.74 bits per heavy atom. The maximum absolute atomic E-state index is 12.5. The summed E-state index contributed by atoms with van der Waals surface area (Å²) < 4.78 is 0.555. The van der Waals surface area contributed by atoms with E-state index in [2.05, 4.69) is 9.97 Å². The van der Waals surface area contributed by atoms with Gasteiger partial charge in [0.05, 0.1) is 5.52 Å². The molecule has 2 heterocycles. The monoisotopic (exact) mass is 395 g/mol. The van der Waals surface area contributed by atoms with E-state index >= 15 is 0 Å². The van der Waals surface area contributed by atoms with Crippen molar-refractivity contribution in [2.24, 2.45) is 5.73 Å². The third-order valence-electron chi connectivity index (χ3n) is 4.15. The standard InChI is InChI=1S/C20H14ClN3O2S/c21-14-7-2-1-6-13(14)16-10-15-18(27-16)20(26)24-17(23-15)9-11-4-3-5-12(8-11)19(22)25/h1-8,10H,9H2,(H2,22,25)(H,23,24,26). The van der Waals surface area contributed by atoms with Crippen molar-refractivity contribution in [2.75, 3.05) is 0 Å². The first-order valence-corrected chi connectivity index (χ1v) is 9.37. The van der Waals surface area contributed by atoms with Crippen LogP contribution in [0, 0.1) is 0 Å². The third-order valence-corrected chi connectivity index (χ3v) is 5.64. The zero-order valence-corrected chi connectivity index (χ0v) is 15.6. The molecule has 2 aromatic carbocycles. The number of nitrogens with zero attached hydrogens (tertiary/aromatic N) is 1. The molecule has 3 N–H and O–H groups in total. The predicted octanol–water partition coefficient (Wildman–Crippen LogP) is 3.99. The molecule has 0 saturated carbocycles. The highest BCUT2D eigenvalue weighted by Crippen LogP contribution is 2.35. The van der Waals surface area contributed by atoms with E-state index in [4.69, 9.17) is 17.3 Å². The van der Waals surface area contributed by atoms with Crippen molar-refractivity contribution in [2.45, 2.75) is 6.42 Å². The summed E-state index contributed by atoms with van der Waals surface area (Å²) in [6.45, 7) is 0. The van der Waals surface area contributed by atoms with E-state index in [0.717, 1.165) is 16.0 Å². The van der Waals surface area contributed by atoms with Gasteiger partial charge in [0.15, 0.2) is 0 Å². The van der Waals surface area contributed by atoms with Crippen molar-refractivity contribution in [3.8, 4) is 10.4 Å². The SMILES string of the molecule is NC(=O)c1cccc(Cc2nc3cc(-c4ccccc4Cl)sc3c(=O)[nH]2)c1. The van der Waals surface area contributed by atoms with Gasteiger partial charge >= 0.3 is 0 Å². The second-order valence-electron chi connectivity index (χ2n) is 6.06. The van der Waals surface area contributed by atoms with Gasteiger partial charge in [0.2, 0.25) is 5.91 Å². The number of aromatic nitrogens is 2. The van der Waals surface area contributed by atoms with Gasteiger partial charge in [0, 0.05) is 27.4 Å². The molecule has 0 radical (unpaired) electrons. The number of nitrogens with two attached hydrogens (primary N) is 1. The summed E-state index contributed by atoms with van der Waals surface area (Å²) in [5, 5.41) is 0.629. The first kappa shape index (κ1) is 17.5. The Morgan fingerprint density at radius 2 is 1.96 bits per heavy atom. The van der Waals surface area contributed by atoms with Crippen LogP contribution in [0.4, 0.5) is 0 Å². The summed E-state index contributed by atoms with van der Waals surface area (Å²) >= 11 is 7.63. The van der Waals surface area contributed by atoms with Crippen molar-refractivity contribution >= 4 is 39.1 Å². The van der Waals surface area contributed by atoms with Crippen LogP contribution in [0.3, 0.4) is 0 Å². The van der Waals surface area contributed by atoms with E-state index in [1.165, 1.54) is 11.3 Å². The van der Waals surface area contributed by atoms with Crippen LogP contribution in [0.2, 0.25) is 5.02 Å². The molecule has 134 valence electrons. The van der Waals surface area contributed by atoms with E-state index in [0.29, 0.717) is 33.0 Å². The van der Waals surface area contributed by atoms with Crippen molar-refractivity contribution < 1.29 is 4.79 Å². The maximum Gasteiger partial charge on any atom is 0.268 e. The highest BCUT2D eigenvalue weighted by molar-refractivity contribution is 7.22. The van der Waals surface area contributed by atoms with Crippen LogP contribution in [0.15, 0.2) is 59.4 Å². The van der Waals surface area contributed by atoms with Crippen molar-refractivity contribution in [1.82, 2.24) is 9.97 Å². The number of primary amides is 1. The average molecular weight is 396 g/mol. The quantitative estimate of drug-likeness (QED) is 0.547. The molecule has 0 spiro atoms. The Hall–Kier alpha value is -2.96. The van der Waals surface area contributed by atoms with Gasteiger partial charge in [-0.25, -0.2) is 4.98 Å². The van der Waals surface area contributed by atoms with Crippen LogP contribution in [0.1, 0.15) is 21.7 Å². The Kier molecular flexibility index (Phi) is 4.51. The molecule has 2 aromatic heterocycles. The van der Waals surface area contributed by atoms with E-state index in [-0.39, 0.29) is 5.56 Å². The van der Waals surface area contributed by atoms with Gasteiger partial charge in [-0.15, -0.1) is 11.3 Å². The normalized spacial score (nSPS) is 11.0. The minimum Gasteiger partial charge on any atom is -0.366 e. The number of benzene rings is 2. The molecule has 0 unspecified atom stereocenters. The minimum absolute atomic E-state index is 0.190. The number of hydrogen-bond acceptors (Lipinski definition) is 4. The number of H-pyrrole nitrogens is 1. The van der Waals surface area contributed by atoms with Crippen LogP contribution in [0.25, 0.3) is 20.7 Å². The van der Waals surface area contributed by atoms with Gasteiger partial charge in [-0.2, -0.15) is 0 Å². The number of fused-ring (bicyclic) bond motifs is 1. The second-order valence-corrected chi connectivity index (χ2v) is 7.52. The van der Waals surface area contributed by atoms with Crippen molar-refractivity contribution in [1.29, 1.82) is 0 Å². The van der Waals surface area contributed by atoms with Crippen LogP contribution < -0.4 is 11.3 Å². The van der Waals surface area contributed by atoms with Crippen LogP contribution in [-0.2, 0) is 6.42 Å². The van der Waals surface area contributed by atoms with E-state index < -0.39 is 5.91 Å². The fourth-order valence-corrected chi connectivity index (χ4v) is 4.22. The Balaban J connectivity index is 1.74. The van der Waals surface area contributed by atoms with Crippen molar-refractivity contribution in [3.05, 3.63) is 86.9 Å². The van der Waals surface area contributed by atoms with Crippen LogP contribution in [0.5, 0.6) is 0 Å². The number of nitrogens with one attached hydrogen (secondary N) is 1. The number of aromatic amines is 1. The molecule has 27 heavy (non-hydrogen) atoms. The van der Waals surface area contributed by atoms with Gasteiger partial charge in [-0.3, -0.25) is 9.59 Å². The zero-order chi connectivity index (χ0) is 19.0. The van der Waals surface area contributed by atoms with E-state index in [1.54, 1.807) is 18.2 Å². The number of rotatable bonds is 4. The topological polar surface area (TPSA) is 88.8 Å². The van der Waals surface area contributed by atoms with Crippen LogP contribution in [-0.4, -0.2) is 15.9 Å². The van der Waals surface area contributed by atoms with Gasteiger partial charge < -0.3 is 10.7 Å².